The van der Waals surface area contributed by atoms with Crippen molar-refractivity contribution < 1.29 is 9.53 Å². The molecule has 0 aromatic heterocycles. The number of para-hydroxylation sites is 1. The molecule has 140 valence electrons. The van der Waals surface area contributed by atoms with Gasteiger partial charge in [0.15, 0.2) is 5.96 Å². The van der Waals surface area contributed by atoms with E-state index in [1.807, 2.05) is 0 Å². The van der Waals surface area contributed by atoms with E-state index in [1.54, 1.807) is 0 Å². The fourth-order valence-electron chi connectivity index (χ4n) is 3.05. The second-order valence-electron chi connectivity index (χ2n) is 6.24. The van der Waals surface area contributed by atoms with Gasteiger partial charge in [0.25, 0.3) is 0 Å². The van der Waals surface area contributed by atoms with Crippen LogP contribution in [0.5, 0.6) is 0 Å². The topological polar surface area (TPSA) is 103 Å². The predicted molar refractivity (Wildman–Crippen MR) is 112 cm³/mol. The van der Waals surface area contributed by atoms with Gasteiger partial charge in [-0.05, 0) is 36.8 Å². The quantitative estimate of drug-likeness (QED) is 0.345. The number of hydrogen-bond acceptors (Lipinski definition) is 3. The summed E-state index contributed by atoms with van der Waals surface area (Å²) in [5.41, 5.74) is 14.5. The highest BCUT2D eigenvalue weighted by Crippen LogP contribution is 2.30. The number of nitrogens with two attached hydrogens (primary N) is 2. The van der Waals surface area contributed by atoms with Crippen LogP contribution in [0.25, 0.3) is 0 Å². The van der Waals surface area contributed by atoms with Crippen molar-refractivity contribution in [3.63, 3.8) is 0 Å². The summed E-state index contributed by atoms with van der Waals surface area (Å²) in [5.74, 6) is -0.0109. The molecule has 0 bridgehead atoms. The molecule has 0 unspecified atom stereocenters. The van der Waals surface area contributed by atoms with Gasteiger partial charge >= 0.3 is 0 Å². The Kier molecular flexibility index (Phi) is 8.64. The number of nitrogens with zero attached hydrogens (tertiary/aromatic N) is 1. The van der Waals surface area contributed by atoms with Crippen molar-refractivity contribution in [2.45, 2.75) is 39.5 Å². The first-order chi connectivity index (χ1) is 11.5. The maximum atomic E-state index is 11.9. The van der Waals surface area contributed by atoms with Crippen LogP contribution in [0.2, 0.25) is 0 Å². The van der Waals surface area contributed by atoms with Crippen LogP contribution < -0.4 is 16.8 Å². The number of guanidine groups is 1. The number of carbonyl (C=O) groups is 1. The van der Waals surface area contributed by atoms with Crippen molar-refractivity contribution >= 4 is 41.5 Å². The minimum atomic E-state index is -0.650. The Hall–Kier alpha value is -1.35. The van der Waals surface area contributed by atoms with Crippen LogP contribution in [0, 0.1) is 5.41 Å². The summed E-state index contributed by atoms with van der Waals surface area (Å²) in [6.45, 7) is 5.57. The summed E-state index contributed by atoms with van der Waals surface area (Å²) in [4.78, 5) is 16.3. The van der Waals surface area contributed by atoms with Crippen molar-refractivity contribution in [1.29, 1.82) is 0 Å². The van der Waals surface area contributed by atoms with Gasteiger partial charge in [-0.3, -0.25) is 9.79 Å². The molecule has 25 heavy (non-hydrogen) atoms. The average Bonchev–Trinajstić information content (AvgIpc) is 2.60. The molecule has 1 saturated heterocycles. The van der Waals surface area contributed by atoms with Crippen molar-refractivity contribution in [3.8, 4) is 0 Å². The van der Waals surface area contributed by atoms with Crippen molar-refractivity contribution in [2.75, 3.05) is 25.1 Å². The average molecular weight is 460 g/mol. The lowest BCUT2D eigenvalue weighted by Crippen LogP contribution is -2.44. The number of carbonyl (C=O) groups excluding carboxylic acids is 1. The Bertz CT molecular complexity index is 591. The fourth-order valence-corrected chi connectivity index (χ4v) is 3.05. The number of aliphatic imine (C=N–C) groups is 1. The summed E-state index contributed by atoms with van der Waals surface area (Å²) in [6, 6.07) is 6.22. The van der Waals surface area contributed by atoms with Crippen LogP contribution in [-0.4, -0.2) is 31.6 Å². The minimum absolute atomic E-state index is 0. The minimum Gasteiger partial charge on any atom is -0.381 e. The van der Waals surface area contributed by atoms with E-state index >= 15 is 0 Å². The number of benzene rings is 1. The summed E-state index contributed by atoms with van der Waals surface area (Å²) in [5, 5.41) is 3.22. The molecule has 0 spiro atoms. The zero-order valence-corrected chi connectivity index (χ0v) is 17.3. The standard InChI is InChI=1S/C18H28N4O2.HI/c1-3-13-6-5-7-14(4-2)15(13)22-17(20)21-12-18(16(19)23)8-10-24-11-9-18;/h5-7H,3-4,8-12H2,1-2H3,(H2,19,23)(H3,20,21,22);1H. The number of hydrogen-bond donors (Lipinski definition) is 3. The van der Waals surface area contributed by atoms with E-state index in [4.69, 9.17) is 16.2 Å². The molecule has 1 aliphatic heterocycles. The van der Waals surface area contributed by atoms with Gasteiger partial charge in [-0.15, -0.1) is 24.0 Å². The number of amides is 1. The molecular formula is C18H29IN4O2. The van der Waals surface area contributed by atoms with Gasteiger partial charge < -0.3 is 21.5 Å². The summed E-state index contributed by atoms with van der Waals surface area (Å²) in [7, 11) is 0. The molecule has 1 amide bonds. The third-order valence-corrected chi connectivity index (χ3v) is 4.78. The molecule has 1 aliphatic rings. The number of anilines is 1. The van der Waals surface area contributed by atoms with Crippen LogP contribution in [0.1, 0.15) is 37.8 Å². The number of aryl methyl sites for hydroxylation is 2. The summed E-state index contributed by atoms with van der Waals surface area (Å²) in [6.07, 6.45) is 2.99. The lowest BCUT2D eigenvalue weighted by molar-refractivity contribution is -0.132. The number of ether oxygens (including phenoxy) is 1. The molecule has 0 radical (unpaired) electrons. The van der Waals surface area contributed by atoms with Crippen LogP contribution >= 0.6 is 24.0 Å². The maximum absolute atomic E-state index is 11.9. The van der Waals surface area contributed by atoms with Crippen LogP contribution in [0.4, 0.5) is 5.69 Å². The van der Waals surface area contributed by atoms with E-state index in [1.165, 1.54) is 11.1 Å². The smallest absolute Gasteiger partial charge is 0.225 e. The number of primary amides is 1. The fraction of sp³-hybridized carbons (Fsp3) is 0.556. The van der Waals surface area contributed by atoms with E-state index in [-0.39, 0.29) is 29.9 Å². The highest BCUT2D eigenvalue weighted by molar-refractivity contribution is 14.0. The molecule has 1 aromatic rings. The van der Waals surface area contributed by atoms with Gasteiger partial charge in [0.1, 0.15) is 0 Å². The maximum Gasteiger partial charge on any atom is 0.225 e. The molecule has 2 rings (SSSR count). The second kappa shape index (κ2) is 9.96. The van der Waals surface area contributed by atoms with E-state index in [2.05, 4.69) is 42.4 Å². The van der Waals surface area contributed by atoms with Crippen molar-refractivity contribution in [1.82, 2.24) is 0 Å². The molecule has 1 fully saturated rings. The van der Waals surface area contributed by atoms with Gasteiger partial charge in [0.05, 0.1) is 12.0 Å². The van der Waals surface area contributed by atoms with E-state index in [9.17, 15) is 4.79 Å². The van der Waals surface area contributed by atoms with Gasteiger partial charge in [0.2, 0.25) is 5.91 Å². The van der Waals surface area contributed by atoms with E-state index in [0.717, 1.165) is 18.5 Å². The van der Waals surface area contributed by atoms with E-state index < -0.39 is 5.41 Å². The van der Waals surface area contributed by atoms with Gasteiger partial charge in [-0.2, -0.15) is 0 Å². The molecule has 0 atom stereocenters. The molecule has 7 heteroatoms. The summed E-state index contributed by atoms with van der Waals surface area (Å²) < 4.78 is 5.33. The number of nitrogens with one attached hydrogen (secondary N) is 1. The van der Waals surface area contributed by atoms with Gasteiger partial charge in [-0.25, -0.2) is 0 Å². The predicted octanol–water partition coefficient (Wildman–Crippen LogP) is 2.44. The van der Waals surface area contributed by atoms with Crippen molar-refractivity contribution in [3.05, 3.63) is 29.3 Å². The number of halogens is 1. The molecule has 1 aromatic carbocycles. The highest BCUT2D eigenvalue weighted by Gasteiger charge is 2.38. The van der Waals surface area contributed by atoms with Crippen LogP contribution in [-0.2, 0) is 22.4 Å². The van der Waals surface area contributed by atoms with Gasteiger partial charge in [0, 0.05) is 18.9 Å². The molecular weight excluding hydrogens is 431 g/mol. The highest BCUT2D eigenvalue weighted by atomic mass is 127. The van der Waals surface area contributed by atoms with E-state index in [0.29, 0.717) is 38.6 Å². The Morgan fingerprint density at radius 3 is 2.24 bits per heavy atom. The SMILES string of the molecule is CCc1cccc(CC)c1NC(N)=NCC1(C(N)=O)CCOCC1.I. The Morgan fingerprint density at radius 2 is 1.76 bits per heavy atom. The lowest BCUT2D eigenvalue weighted by Gasteiger charge is -2.32. The first-order valence-electron chi connectivity index (χ1n) is 8.57. The normalized spacial score (nSPS) is 16.8. The second-order valence-corrected chi connectivity index (χ2v) is 6.24. The molecule has 0 aliphatic carbocycles. The lowest BCUT2D eigenvalue weighted by atomic mass is 9.79. The summed E-state index contributed by atoms with van der Waals surface area (Å²) >= 11 is 0. The Morgan fingerprint density at radius 1 is 1.20 bits per heavy atom. The van der Waals surface area contributed by atoms with Crippen molar-refractivity contribution in [2.24, 2.45) is 21.9 Å². The number of rotatable bonds is 6. The molecule has 0 saturated carbocycles. The third kappa shape index (κ3) is 5.31. The Labute approximate surface area is 166 Å². The Balaban J connectivity index is 0.00000312. The zero-order chi connectivity index (χ0) is 17.6. The monoisotopic (exact) mass is 460 g/mol. The first-order valence-corrected chi connectivity index (χ1v) is 8.57. The largest absolute Gasteiger partial charge is 0.381 e. The molecule has 1 heterocycles. The first kappa shape index (κ1) is 21.7. The van der Waals surface area contributed by atoms with Crippen LogP contribution in [0.3, 0.4) is 0 Å². The van der Waals surface area contributed by atoms with Gasteiger partial charge in [-0.1, -0.05) is 32.0 Å². The third-order valence-electron chi connectivity index (χ3n) is 4.78. The molecule has 6 nitrogen and oxygen atoms in total. The van der Waals surface area contributed by atoms with Crippen LogP contribution in [0.15, 0.2) is 23.2 Å². The molecule has 5 N–H and O–H groups in total. The zero-order valence-electron chi connectivity index (χ0n) is 15.0.